The maximum atomic E-state index is 11.5. The molecule has 0 radical (unpaired) electrons. The zero-order chi connectivity index (χ0) is 3.86. The van der Waals surface area contributed by atoms with Gasteiger partial charge in [-0.15, -0.1) is 0 Å². The summed E-state index contributed by atoms with van der Waals surface area (Å²) in [6.45, 7) is 1.92. The number of rotatable bonds is 0. The van der Waals surface area contributed by atoms with Gasteiger partial charge in [-0.1, -0.05) is 6.92 Å². The lowest BCUT2D eigenvalue weighted by Crippen LogP contribution is -1.63. The molecule has 1 saturated carbocycles. The molecule has 0 aromatic rings. The van der Waals surface area contributed by atoms with E-state index in [1.54, 1.807) is 0 Å². The van der Waals surface area contributed by atoms with Crippen molar-refractivity contribution in [1.29, 1.82) is 0 Å². The Labute approximate surface area is 31.0 Å². The van der Waals surface area contributed by atoms with Crippen LogP contribution < -0.4 is 0 Å². The van der Waals surface area contributed by atoms with Crippen molar-refractivity contribution < 1.29 is 4.39 Å². The van der Waals surface area contributed by atoms with E-state index in [1.165, 1.54) is 0 Å². The fourth-order valence-corrected chi connectivity index (χ4v) is 0.277. The van der Waals surface area contributed by atoms with E-state index in [2.05, 4.69) is 0 Å². The van der Waals surface area contributed by atoms with Gasteiger partial charge in [-0.25, -0.2) is 4.39 Å². The van der Waals surface area contributed by atoms with Crippen molar-refractivity contribution in [3.63, 3.8) is 0 Å². The van der Waals surface area contributed by atoms with Gasteiger partial charge in [0.15, 0.2) is 0 Å². The highest BCUT2D eigenvalue weighted by Crippen LogP contribution is 2.32. The number of hydrogen-bond donors (Lipinski definition) is 0. The van der Waals surface area contributed by atoms with Gasteiger partial charge in [-0.05, 0) is 12.3 Å². The van der Waals surface area contributed by atoms with Crippen LogP contribution in [0.1, 0.15) is 13.3 Å². The average Bonchev–Trinajstić information content (AvgIpc) is 1.79. The fraction of sp³-hybridized carbons (Fsp3) is 1.00. The molecule has 0 N–H and O–H groups in total. The molecule has 0 aromatic carbocycles. The van der Waals surface area contributed by atoms with Crippen molar-refractivity contribution >= 4 is 0 Å². The first kappa shape index (κ1) is 3.13. The van der Waals surface area contributed by atoms with Crippen LogP contribution in [0, 0.1) is 5.92 Å². The number of hydrogen-bond acceptors (Lipinski definition) is 0. The van der Waals surface area contributed by atoms with Gasteiger partial charge < -0.3 is 0 Å². The van der Waals surface area contributed by atoms with Crippen molar-refractivity contribution in [2.75, 3.05) is 0 Å². The summed E-state index contributed by atoms with van der Waals surface area (Å²) >= 11 is 0. The van der Waals surface area contributed by atoms with E-state index in [-0.39, 0.29) is 0 Å². The second kappa shape index (κ2) is 0.703. The molecule has 30 valence electrons. The molecule has 0 nitrogen and oxygen atoms in total. The van der Waals surface area contributed by atoms with Gasteiger partial charge in [0.1, 0.15) is 6.17 Å². The minimum absolute atomic E-state index is 0.384. The predicted octanol–water partition coefficient (Wildman–Crippen LogP) is 1.36. The molecule has 2 atom stereocenters. The Morgan fingerprint density at radius 2 is 2.00 bits per heavy atom. The first-order valence-corrected chi connectivity index (χ1v) is 1.95. The quantitative estimate of drug-likeness (QED) is 0.407. The van der Waals surface area contributed by atoms with Gasteiger partial charge in [0.2, 0.25) is 0 Å². The molecule has 0 spiro atoms. The lowest BCUT2D eigenvalue weighted by Gasteiger charge is -1.63. The molecule has 1 aliphatic rings. The molecule has 1 fully saturated rings. The lowest BCUT2D eigenvalue weighted by molar-refractivity contribution is 0.454. The summed E-state index contributed by atoms with van der Waals surface area (Å²) in [4.78, 5) is 0. The second-order valence-corrected chi connectivity index (χ2v) is 1.73. The third-order valence-corrected chi connectivity index (χ3v) is 1.01. The molecule has 5 heavy (non-hydrogen) atoms. The monoisotopic (exact) mass is 74.1 g/mol. The average molecular weight is 74.1 g/mol. The fourth-order valence-electron chi connectivity index (χ4n) is 0.277. The van der Waals surface area contributed by atoms with Crippen LogP contribution in [0.2, 0.25) is 0 Å². The number of halogens is 1. The normalized spacial score (nSPS) is 49.2. The van der Waals surface area contributed by atoms with Crippen LogP contribution in [0.25, 0.3) is 0 Å². The van der Waals surface area contributed by atoms with Crippen molar-refractivity contribution in [3.05, 3.63) is 0 Å². The first-order valence-electron chi connectivity index (χ1n) is 1.95. The maximum absolute atomic E-state index is 11.5. The van der Waals surface area contributed by atoms with E-state index in [0.717, 1.165) is 6.42 Å². The van der Waals surface area contributed by atoms with E-state index in [0.29, 0.717) is 5.92 Å². The Balaban J connectivity index is 2.20. The van der Waals surface area contributed by atoms with Gasteiger partial charge in [0.05, 0.1) is 0 Å². The summed E-state index contributed by atoms with van der Waals surface area (Å²) in [5, 5.41) is 0. The summed E-state index contributed by atoms with van der Waals surface area (Å²) < 4.78 is 11.5. The highest BCUT2D eigenvalue weighted by Gasteiger charge is 2.31. The van der Waals surface area contributed by atoms with Crippen LogP contribution in [-0.2, 0) is 0 Å². The smallest absolute Gasteiger partial charge is 0.103 e. The highest BCUT2D eigenvalue weighted by atomic mass is 19.1. The van der Waals surface area contributed by atoms with Crippen molar-refractivity contribution in [2.45, 2.75) is 19.5 Å². The third-order valence-electron chi connectivity index (χ3n) is 1.01. The Bertz CT molecular complexity index is 36.9. The summed E-state index contributed by atoms with van der Waals surface area (Å²) in [5.74, 6) is 0.384. The number of alkyl halides is 1. The van der Waals surface area contributed by atoms with E-state index in [9.17, 15) is 4.39 Å². The topological polar surface area (TPSA) is 0 Å². The van der Waals surface area contributed by atoms with Crippen molar-refractivity contribution in [1.82, 2.24) is 0 Å². The maximum Gasteiger partial charge on any atom is 0.103 e. The summed E-state index contributed by atoms with van der Waals surface area (Å²) in [7, 11) is 0. The van der Waals surface area contributed by atoms with Crippen LogP contribution in [0.4, 0.5) is 4.39 Å². The molecular formula is C4H7F. The molecule has 1 aliphatic carbocycles. The van der Waals surface area contributed by atoms with Crippen LogP contribution in [0.5, 0.6) is 0 Å². The lowest BCUT2D eigenvalue weighted by atomic mass is 10.5. The zero-order valence-corrected chi connectivity index (χ0v) is 3.24. The Hall–Kier alpha value is -0.0700. The second-order valence-electron chi connectivity index (χ2n) is 1.73. The molecule has 1 heteroatoms. The van der Waals surface area contributed by atoms with Gasteiger partial charge in [0, 0.05) is 0 Å². The minimum Gasteiger partial charge on any atom is -0.247 e. The van der Waals surface area contributed by atoms with Crippen LogP contribution >= 0.6 is 0 Å². The molecule has 0 bridgehead atoms. The van der Waals surface area contributed by atoms with E-state index < -0.39 is 6.17 Å². The molecule has 1 rings (SSSR count). The first-order chi connectivity index (χ1) is 2.30. The third kappa shape index (κ3) is 0.416. The molecule has 0 heterocycles. The Kier molecular flexibility index (Phi) is 0.440. The van der Waals surface area contributed by atoms with Crippen LogP contribution in [0.15, 0.2) is 0 Å². The Morgan fingerprint density at radius 1 is 1.80 bits per heavy atom. The molecule has 0 aromatic heterocycles. The van der Waals surface area contributed by atoms with E-state index in [4.69, 9.17) is 0 Å². The molecule has 0 aliphatic heterocycles. The van der Waals surface area contributed by atoms with Crippen LogP contribution in [0.3, 0.4) is 0 Å². The molecule has 0 unspecified atom stereocenters. The largest absolute Gasteiger partial charge is 0.247 e. The summed E-state index contributed by atoms with van der Waals surface area (Å²) in [6.07, 6.45) is 0.356. The Morgan fingerprint density at radius 3 is 2.00 bits per heavy atom. The van der Waals surface area contributed by atoms with Gasteiger partial charge in [-0.3, -0.25) is 0 Å². The van der Waals surface area contributed by atoms with E-state index >= 15 is 0 Å². The van der Waals surface area contributed by atoms with Crippen molar-refractivity contribution in [2.24, 2.45) is 5.92 Å². The van der Waals surface area contributed by atoms with Gasteiger partial charge in [-0.2, -0.15) is 0 Å². The predicted molar refractivity (Wildman–Crippen MR) is 18.7 cm³/mol. The van der Waals surface area contributed by atoms with E-state index in [1.807, 2.05) is 6.92 Å². The van der Waals surface area contributed by atoms with Gasteiger partial charge >= 0.3 is 0 Å². The highest BCUT2D eigenvalue weighted by molar-refractivity contribution is 4.81. The SMILES string of the molecule is C[C@H]1C[C@H]1F. The molecule has 0 amide bonds. The zero-order valence-electron chi connectivity index (χ0n) is 3.24. The molecule has 0 saturated heterocycles. The molecular weight excluding hydrogens is 67.0 g/mol. The van der Waals surface area contributed by atoms with Crippen LogP contribution in [-0.4, -0.2) is 6.17 Å². The van der Waals surface area contributed by atoms with Crippen molar-refractivity contribution in [3.8, 4) is 0 Å². The summed E-state index contributed by atoms with van der Waals surface area (Å²) in [5.41, 5.74) is 0. The standard InChI is InChI=1S/C4H7F/c1-3-2-4(3)5/h3-4H,2H2,1H3/t3-,4+/m0/s1. The van der Waals surface area contributed by atoms with Gasteiger partial charge in [0.25, 0.3) is 0 Å². The summed E-state index contributed by atoms with van der Waals surface area (Å²) in [6, 6.07) is 0. The minimum atomic E-state index is -0.449.